The summed E-state index contributed by atoms with van der Waals surface area (Å²) < 4.78 is 19.1. The average Bonchev–Trinajstić information content (AvgIpc) is 2.47. The summed E-state index contributed by atoms with van der Waals surface area (Å²) in [6.45, 7) is 3.51. The lowest BCUT2D eigenvalue weighted by Crippen LogP contribution is -2.00. The summed E-state index contributed by atoms with van der Waals surface area (Å²) in [6.07, 6.45) is 1.00. The second kappa shape index (κ2) is 7.29. The molecule has 0 heterocycles. The van der Waals surface area contributed by atoms with Gasteiger partial charge in [-0.25, -0.2) is 4.39 Å². The third-order valence-electron chi connectivity index (χ3n) is 2.81. The van der Waals surface area contributed by atoms with E-state index in [0.29, 0.717) is 11.0 Å². The normalized spacial score (nSPS) is 10.3. The van der Waals surface area contributed by atoms with Gasteiger partial charge < -0.3 is 10.1 Å². The van der Waals surface area contributed by atoms with Crippen LogP contribution in [-0.2, 0) is 6.54 Å². The Morgan fingerprint density at radius 2 is 1.90 bits per heavy atom. The lowest BCUT2D eigenvalue weighted by Gasteiger charge is -2.09. The number of hydrogen-bond donors (Lipinski definition) is 1. The van der Waals surface area contributed by atoms with Gasteiger partial charge in [0.15, 0.2) is 0 Å². The third kappa shape index (κ3) is 4.23. The maximum atomic E-state index is 13.1. The van der Waals surface area contributed by atoms with E-state index in [9.17, 15) is 4.39 Å². The Kier molecular flexibility index (Phi) is 5.41. The minimum atomic E-state index is -0.257. The first-order chi connectivity index (χ1) is 9.69. The van der Waals surface area contributed by atoms with Crippen LogP contribution in [0.1, 0.15) is 18.9 Å². The van der Waals surface area contributed by atoms with Gasteiger partial charge in [0.05, 0.1) is 11.1 Å². The van der Waals surface area contributed by atoms with Crippen LogP contribution < -0.4 is 10.1 Å². The van der Waals surface area contributed by atoms with Crippen LogP contribution in [0.3, 0.4) is 0 Å². The second-order valence-corrected chi connectivity index (χ2v) is 5.33. The van der Waals surface area contributed by atoms with Crippen molar-refractivity contribution < 1.29 is 9.13 Å². The predicted molar refractivity (Wildman–Crippen MR) is 83.7 cm³/mol. The zero-order valence-electron chi connectivity index (χ0n) is 11.3. The van der Waals surface area contributed by atoms with Gasteiger partial charge in [0.25, 0.3) is 0 Å². The molecule has 1 N–H and O–H groups in total. The molecule has 0 unspecified atom stereocenters. The van der Waals surface area contributed by atoms with Gasteiger partial charge in [-0.15, -0.1) is 0 Å². The first-order valence-electron chi connectivity index (χ1n) is 6.59. The van der Waals surface area contributed by atoms with E-state index < -0.39 is 0 Å². The van der Waals surface area contributed by atoms with Crippen molar-refractivity contribution in [2.24, 2.45) is 0 Å². The van der Waals surface area contributed by atoms with E-state index >= 15 is 0 Å². The summed E-state index contributed by atoms with van der Waals surface area (Å²) in [5.74, 6) is 0.633. The molecule has 2 aromatic rings. The van der Waals surface area contributed by atoms with Gasteiger partial charge in [0.1, 0.15) is 11.6 Å². The number of ether oxygens (including phenoxy) is 1. The highest BCUT2D eigenvalue weighted by molar-refractivity contribution is 9.10. The molecule has 0 aliphatic carbocycles. The highest BCUT2D eigenvalue weighted by Crippen LogP contribution is 2.21. The van der Waals surface area contributed by atoms with Crippen molar-refractivity contribution in [3.05, 3.63) is 58.3 Å². The van der Waals surface area contributed by atoms with Crippen molar-refractivity contribution >= 4 is 21.6 Å². The van der Waals surface area contributed by atoms with Gasteiger partial charge in [0, 0.05) is 12.2 Å². The molecule has 2 aromatic carbocycles. The Labute approximate surface area is 127 Å². The monoisotopic (exact) mass is 337 g/mol. The summed E-state index contributed by atoms with van der Waals surface area (Å²) >= 11 is 3.17. The highest BCUT2D eigenvalue weighted by atomic mass is 79.9. The number of anilines is 1. The van der Waals surface area contributed by atoms with Crippen LogP contribution in [0.5, 0.6) is 5.75 Å². The minimum absolute atomic E-state index is 0.257. The summed E-state index contributed by atoms with van der Waals surface area (Å²) in [6, 6.07) is 12.9. The Balaban J connectivity index is 1.91. The van der Waals surface area contributed by atoms with Crippen LogP contribution in [0, 0.1) is 5.82 Å². The molecule has 20 heavy (non-hydrogen) atoms. The molecule has 106 valence electrons. The van der Waals surface area contributed by atoms with Gasteiger partial charge in [-0.05, 0) is 58.2 Å². The Morgan fingerprint density at radius 1 is 1.15 bits per heavy atom. The quantitative estimate of drug-likeness (QED) is 0.801. The zero-order chi connectivity index (χ0) is 14.4. The van der Waals surface area contributed by atoms with Crippen molar-refractivity contribution in [2.45, 2.75) is 19.9 Å². The van der Waals surface area contributed by atoms with Gasteiger partial charge in [0.2, 0.25) is 0 Å². The fourth-order valence-corrected chi connectivity index (χ4v) is 2.11. The van der Waals surface area contributed by atoms with E-state index in [1.807, 2.05) is 24.3 Å². The van der Waals surface area contributed by atoms with Crippen molar-refractivity contribution in [1.29, 1.82) is 0 Å². The van der Waals surface area contributed by atoms with Crippen molar-refractivity contribution in [3.8, 4) is 5.75 Å². The third-order valence-corrected chi connectivity index (χ3v) is 3.42. The number of halogens is 2. The number of benzene rings is 2. The van der Waals surface area contributed by atoms with E-state index in [4.69, 9.17) is 4.74 Å². The van der Waals surface area contributed by atoms with Crippen LogP contribution in [0.2, 0.25) is 0 Å². The minimum Gasteiger partial charge on any atom is -0.494 e. The second-order valence-electron chi connectivity index (χ2n) is 4.47. The van der Waals surface area contributed by atoms with Gasteiger partial charge in [-0.3, -0.25) is 0 Å². The van der Waals surface area contributed by atoms with Gasteiger partial charge >= 0.3 is 0 Å². The maximum Gasteiger partial charge on any atom is 0.137 e. The van der Waals surface area contributed by atoms with Crippen LogP contribution >= 0.6 is 15.9 Å². The first-order valence-corrected chi connectivity index (χ1v) is 7.39. The molecule has 2 rings (SSSR count). The Hall–Kier alpha value is -1.55. The molecule has 2 nitrogen and oxygen atoms in total. The maximum absolute atomic E-state index is 13.1. The molecular weight excluding hydrogens is 321 g/mol. The van der Waals surface area contributed by atoms with Gasteiger partial charge in [-0.1, -0.05) is 19.1 Å². The number of nitrogens with one attached hydrogen (secondary N) is 1. The summed E-state index contributed by atoms with van der Waals surface area (Å²) in [5.41, 5.74) is 2.03. The van der Waals surface area contributed by atoms with E-state index in [0.717, 1.165) is 30.0 Å². The summed E-state index contributed by atoms with van der Waals surface area (Å²) in [5, 5.41) is 3.25. The average molecular weight is 338 g/mol. The van der Waals surface area contributed by atoms with Crippen molar-refractivity contribution in [3.63, 3.8) is 0 Å². The SMILES string of the molecule is CCCOc1ccc(CNc2ccc(F)c(Br)c2)cc1. The molecule has 0 saturated carbocycles. The molecule has 0 aliphatic heterocycles. The molecule has 0 amide bonds. The van der Waals surface area contributed by atoms with E-state index in [-0.39, 0.29) is 5.82 Å². The summed E-state index contributed by atoms with van der Waals surface area (Å²) in [4.78, 5) is 0. The molecule has 0 atom stereocenters. The van der Waals surface area contributed by atoms with Crippen LogP contribution in [0.15, 0.2) is 46.9 Å². The lowest BCUT2D eigenvalue weighted by atomic mass is 10.2. The molecule has 0 fully saturated rings. The van der Waals surface area contributed by atoms with E-state index in [2.05, 4.69) is 28.2 Å². The topological polar surface area (TPSA) is 21.3 Å². The molecule has 0 saturated heterocycles. The van der Waals surface area contributed by atoms with Crippen molar-refractivity contribution in [2.75, 3.05) is 11.9 Å². The molecule has 0 aliphatic rings. The van der Waals surface area contributed by atoms with Crippen molar-refractivity contribution in [1.82, 2.24) is 0 Å². The van der Waals surface area contributed by atoms with Crippen LogP contribution in [0.4, 0.5) is 10.1 Å². The summed E-state index contributed by atoms with van der Waals surface area (Å²) in [7, 11) is 0. The molecule has 4 heteroatoms. The number of hydrogen-bond acceptors (Lipinski definition) is 2. The molecule has 0 radical (unpaired) electrons. The molecule has 0 aromatic heterocycles. The van der Waals surface area contributed by atoms with Gasteiger partial charge in [-0.2, -0.15) is 0 Å². The number of rotatable bonds is 6. The molecule has 0 spiro atoms. The largest absolute Gasteiger partial charge is 0.494 e. The Morgan fingerprint density at radius 3 is 2.55 bits per heavy atom. The highest BCUT2D eigenvalue weighted by Gasteiger charge is 2.00. The lowest BCUT2D eigenvalue weighted by molar-refractivity contribution is 0.317. The standard InChI is InChI=1S/C16H17BrFNO/c1-2-9-20-14-6-3-12(4-7-14)11-19-13-5-8-16(18)15(17)10-13/h3-8,10,19H,2,9,11H2,1H3. The zero-order valence-corrected chi connectivity index (χ0v) is 12.9. The smallest absolute Gasteiger partial charge is 0.137 e. The predicted octanol–water partition coefficient (Wildman–Crippen LogP) is 4.99. The fraction of sp³-hybridized carbons (Fsp3) is 0.250. The van der Waals surface area contributed by atoms with E-state index in [1.54, 1.807) is 12.1 Å². The first kappa shape index (κ1) is 14.9. The van der Waals surface area contributed by atoms with Crippen LogP contribution in [-0.4, -0.2) is 6.61 Å². The van der Waals surface area contributed by atoms with Crippen LogP contribution in [0.25, 0.3) is 0 Å². The van der Waals surface area contributed by atoms with E-state index in [1.165, 1.54) is 6.07 Å². The Bertz CT molecular complexity index is 557. The fourth-order valence-electron chi connectivity index (χ4n) is 1.73. The molecular formula is C16H17BrFNO. The molecule has 0 bridgehead atoms.